The fourth-order valence-electron chi connectivity index (χ4n) is 4.82. The van der Waals surface area contributed by atoms with E-state index in [0.29, 0.717) is 36.0 Å². The fourth-order valence-corrected chi connectivity index (χ4v) is 4.82. The number of aromatic nitrogens is 6. The highest BCUT2D eigenvalue weighted by molar-refractivity contribution is 6.03. The zero-order valence-electron chi connectivity index (χ0n) is 23.4. The van der Waals surface area contributed by atoms with Crippen LogP contribution in [0.25, 0.3) is 33.5 Å². The molecule has 0 saturated heterocycles. The molecule has 6 rings (SSSR count). The molecule has 0 bridgehead atoms. The molecule has 1 N–H and O–H groups in total. The van der Waals surface area contributed by atoms with Gasteiger partial charge in [-0.15, -0.1) is 10.2 Å². The van der Waals surface area contributed by atoms with Crippen LogP contribution >= 0.6 is 0 Å². The van der Waals surface area contributed by atoms with Gasteiger partial charge in [0.25, 0.3) is 6.01 Å². The molecule has 4 aromatic carbocycles. The number of aryl methyl sites for hydroxylation is 1. The van der Waals surface area contributed by atoms with Crippen LogP contribution in [0.4, 0.5) is 0 Å². The van der Waals surface area contributed by atoms with Crippen molar-refractivity contribution in [2.24, 2.45) is 0 Å². The summed E-state index contributed by atoms with van der Waals surface area (Å²) in [6.45, 7) is 4.50. The molecule has 2 aromatic heterocycles. The van der Waals surface area contributed by atoms with Crippen LogP contribution in [0.1, 0.15) is 38.8 Å². The van der Waals surface area contributed by atoms with Crippen LogP contribution in [-0.2, 0) is 16.3 Å². The first-order chi connectivity index (χ1) is 21.0. The number of tetrazole rings is 1. The Morgan fingerprint density at radius 1 is 0.837 bits per heavy atom. The molecule has 214 valence electrons. The van der Waals surface area contributed by atoms with E-state index in [2.05, 4.69) is 20.6 Å². The van der Waals surface area contributed by atoms with Crippen LogP contribution in [0.2, 0.25) is 0 Å². The molecule has 0 aliphatic heterocycles. The van der Waals surface area contributed by atoms with Crippen molar-refractivity contribution in [1.29, 1.82) is 0 Å². The molecule has 6 aromatic rings. The van der Waals surface area contributed by atoms with Gasteiger partial charge in [0.1, 0.15) is 0 Å². The summed E-state index contributed by atoms with van der Waals surface area (Å²) in [5.74, 6) is -1.09. The molecule has 0 unspecified atom stereocenters. The van der Waals surface area contributed by atoms with Gasteiger partial charge in [-0.25, -0.2) is 19.4 Å². The third-order valence-corrected chi connectivity index (χ3v) is 6.88. The molecule has 0 atom stereocenters. The van der Waals surface area contributed by atoms with Crippen molar-refractivity contribution in [1.82, 2.24) is 30.2 Å². The largest absolute Gasteiger partial charge is 0.465 e. The Morgan fingerprint density at radius 3 is 2.28 bits per heavy atom. The number of fused-ring (bicyclic) bond motifs is 1. The van der Waals surface area contributed by atoms with Crippen LogP contribution in [0, 0.1) is 6.92 Å². The number of carbonyl (C=O) groups is 2. The van der Waals surface area contributed by atoms with Crippen LogP contribution in [0.3, 0.4) is 0 Å². The number of H-pyrrole nitrogens is 1. The second kappa shape index (κ2) is 12.0. The van der Waals surface area contributed by atoms with Crippen molar-refractivity contribution in [3.63, 3.8) is 0 Å². The number of imidazole rings is 1. The van der Waals surface area contributed by atoms with Crippen molar-refractivity contribution < 1.29 is 24.1 Å². The number of hydrogen-bond acceptors (Lipinski definition) is 9. The monoisotopic (exact) mass is 574 g/mol. The molecule has 0 saturated carbocycles. The van der Waals surface area contributed by atoms with E-state index in [4.69, 9.17) is 19.5 Å². The van der Waals surface area contributed by atoms with E-state index in [-0.39, 0.29) is 11.1 Å². The van der Waals surface area contributed by atoms with E-state index in [1.807, 2.05) is 66.9 Å². The van der Waals surface area contributed by atoms with E-state index in [1.165, 1.54) is 0 Å². The van der Waals surface area contributed by atoms with Gasteiger partial charge in [0, 0.05) is 5.56 Å². The minimum Gasteiger partial charge on any atom is -0.465 e. The molecule has 0 amide bonds. The molecule has 0 fully saturated rings. The van der Waals surface area contributed by atoms with Gasteiger partial charge < -0.3 is 4.74 Å². The van der Waals surface area contributed by atoms with E-state index in [0.717, 1.165) is 27.8 Å². The van der Waals surface area contributed by atoms with Crippen molar-refractivity contribution >= 4 is 23.0 Å². The number of ether oxygens (including phenoxy) is 1. The number of benzene rings is 4. The Morgan fingerprint density at radius 2 is 1.56 bits per heavy atom. The van der Waals surface area contributed by atoms with Gasteiger partial charge in [-0.05, 0) is 59.5 Å². The zero-order chi connectivity index (χ0) is 29.8. The normalized spacial score (nSPS) is 10.9. The Labute approximate surface area is 246 Å². The molecule has 0 radical (unpaired) electrons. The number of carbonyl (C=O) groups excluding carboxylic acids is 2. The smallest absolute Gasteiger partial charge is 0.388 e. The lowest BCUT2D eigenvalue weighted by Crippen LogP contribution is -2.14. The zero-order valence-corrected chi connectivity index (χ0v) is 23.4. The molecule has 43 heavy (non-hydrogen) atoms. The Hall–Kier alpha value is -5.84. The molecule has 11 nitrogen and oxygen atoms in total. The van der Waals surface area contributed by atoms with Gasteiger partial charge >= 0.3 is 11.9 Å². The summed E-state index contributed by atoms with van der Waals surface area (Å²) in [5, 5.41) is 14.4. The SMILES string of the molecule is CCOc1nc2c(C)ccc(C(=O)OOC(=O)c3ccccc3)c2n1Cc1ccc(-c2ccccc2-c2nn[nH]n2)cc1. The molecule has 0 spiro atoms. The molecule has 11 heteroatoms. The first-order valence-electron chi connectivity index (χ1n) is 13.6. The fraction of sp³-hybridized carbons (Fsp3) is 0.125. The molecule has 0 aliphatic carbocycles. The van der Waals surface area contributed by atoms with E-state index >= 15 is 0 Å². The third-order valence-electron chi connectivity index (χ3n) is 6.88. The average Bonchev–Trinajstić information content (AvgIpc) is 3.71. The van der Waals surface area contributed by atoms with Gasteiger partial charge in [-0.2, -0.15) is 10.2 Å². The Kier molecular flexibility index (Phi) is 7.60. The van der Waals surface area contributed by atoms with Gasteiger partial charge in [-0.1, -0.05) is 72.8 Å². The van der Waals surface area contributed by atoms with E-state index in [9.17, 15) is 9.59 Å². The highest BCUT2D eigenvalue weighted by Gasteiger charge is 2.24. The summed E-state index contributed by atoms with van der Waals surface area (Å²) in [6.07, 6.45) is 0. The lowest BCUT2D eigenvalue weighted by molar-refractivity contribution is -0.187. The second-order valence-corrected chi connectivity index (χ2v) is 9.63. The molecular weight excluding hydrogens is 548 g/mol. The number of rotatable bonds is 8. The summed E-state index contributed by atoms with van der Waals surface area (Å²) in [6, 6.07) is 27.9. The van der Waals surface area contributed by atoms with Crippen molar-refractivity contribution in [2.75, 3.05) is 6.61 Å². The standard InChI is InChI=1S/C32H26N6O5/c1-3-41-32-33-27-20(2)13-18-26(31(40)43-42-30(39)23-9-5-4-6-10-23)28(27)38(32)19-21-14-16-22(17-15-21)24-11-7-8-12-25(24)29-34-36-37-35-29/h4-18H,3,19H2,1-2H3,(H,34,35,36,37). The van der Waals surface area contributed by atoms with E-state index < -0.39 is 11.9 Å². The lowest BCUT2D eigenvalue weighted by atomic mass is 9.98. The minimum atomic E-state index is -0.827. The number of hydrogen-bond donors (Lipinski definition) is 1. The van der Waals surface area contributed by atoms with Crippen LogP contribution in [-0.4, -0.2) is 48.7 Å². The average molecular weight is 575 g/mol. The summed E-state index contributed by atoms with van der Waals surface area (Å²) in [7, 11) is 0. The maximum atomic E-state index is 13.2. The number of aromatic amines is 1. The highest BCUT2D eigenvalue weighted by atomic mass is 17.2. The highest BCUT2D eigenvalue weighted by Crippen LogP contribution is 2.32. The van der Waals surface area contributed by atoms with Gasteiger partial charge in [-0.3, -0.25) is 4.57 Å². The predicted molar refractivity (Wildman–Crippen MR) is 157 cm³/mol. The lowest BCUT2D eigenvalue weighted by Gasteiger charge is -2.13. The summed E-state index contributed by atoms with van der Waals surface area (Å²) < 4.78 is 7.70. The Balaban J connectivity index is 1.32. The first kappa shape index (κ1) is 27.3. The summed E-state index contributed by atoms with van der Waals surface area (Å²) in [4.78, 5) is 40.1. The molecular formula is C32H26N6O5. The summed E-state index contributed by atoms with van der Waals surface area (Å²) >= 11 is 0. The predicted octanol–water partition coefficient (Wildman–Crippen LogP) is 5.57. The van der Waals surface area contributed by atoms with Crippen molar-refractivity contribution in [2.45, 2.75) is 20.4 Å². The van der Waals surface area contributed by atoms with Crippen LogP contribution in [0.15, 0.2) is 91.0 Å². The maximum absolute atomic E-state index is 13.2. The van der Waals surface area contributed by atoms with Gasteiger partial charge in [0.05, 0.1) is 35.3 Å². The van der Waals surface area contributed by atoms with Gasteiger partial charge in [0.15, 0.2) is 0 Å². The van der Waals surface area contributed by atoms with Crippen molar-refractivity contribution in [3.8, 4) is 28.5 Å². The number of nitrogens with one attached hydrogen (secondary N) is 1. The van der Waals surface area contributed by atoms with Crippen LogP contribution in [0.5, 0.6) is 6.01 Å². The summed E-state index contributed by atoms with van der Waals surface area (Å²) in [5.41, 5.74) is 6.12. The van der Waals surface area contributed by atoms with E-state index in [1.54, 1.807) is 42.5 Å². The molecule has 2 heterocycles. The third kappa shape index (κ3) is 5.55. The van der Waals surface area contributed by atoms with Crippen molar-refractivity contribution in [3.05, 3.63) is 113 Å². The minimum absolute atomic E-state index is 0.186. The topological polar surface area (TPSA) is 134 Å². The number of nitrogens with zero attached hydrogens (tertiary/aromatic N) is 5. The first-order valence-corrected chi connectivity index (χ1v) is 13.6. The maximum Gasteiger partial charge on any atom is 0.388 e. The second-order valence-electron chi connectivity index (χ2n) is 9.63. The van der Waals surface area contributed by atoms with Crippen LogP contribution < -0.4 is 4.74 Å². The quantitative estimate of drug-likeness (QED) is 0.183. The van der Waals surface area contributed by atoms with Gasteiger partial charge in [0.2, 0.25) is 5.82 Å². The Bertz CT molecular complexity index is 1900. The molecule has 0 aliphatic rings.